The smallest absolute Gasteiger partial charge is 0.303 e. The summed E-state index contributed by atoms with van der Waals surface area (Å²) in [6.07, 6.45) is 1.04. The van der Waals surface area contributed by atoms with Gasteiger partial charge in [-0.15, -0.1) is 0 Å². The average molecular weight is 237 g/mol. The molecule has 1 N–H and O–H groups in total. The first-order valence-electron chi connectivity index (χ1n) is 5.71. The monoisotopic (exact) mass is 237 g/mol. The van der Waals surface area contributed by atoms with E-state index in [1.807, 2.05) is 6.92 Å². The Labute approximate surface area is 99.9 Å². The molecule has 1 aromatic rings. The van der Waals surface area contributed by atoms with E-state index in [-0.39, 0.29) is 17.7 Å². The van der Waals surface area contributed by atoms with Crippen LogP contribution < -0.4 is 4.90 Å². The molecule has 2 rings (SSSR count). The largest absolute Gasteiger partial charge is 0.481 e. The number of carboxylic acids is 1. The van der Waals surface area contributed by atoms with Gasteiger partial charge in [0.05, 0.1) is 6.42 Å². The van der Waals surface area contributed by atoms with Crippen molar-refractivity contribution >= 4 is 11.7 Å². The molecule has 0 spiro atoms. The number of halogens is 1. The Kier molecular flexibility index (Phi) is 3.05. The number of anilines is 1. The minimum absolute atomic E-state index is 0.180. The van der Waals surface area contributed by atoms with Crippen molar-refractivity contribution in [2.24, 2.45) is 5.41 Å². The summed E-state index contributed by atoms with van der Waals surface area (Å²) in [5.74, 6) is -1.00. The summed E-state index contributed by atoms with van der Waals surface area (Å²) < 4.78 is 12.8. The van der Waals surface area contributed by atoms with Crippen LogP contribution in [-0.4, -0.2) is 24.2 Å². The zero-order valence-corrected chi connectivity index (χ0v) is 9.82. The van der Waals surface area contributed by atoms with Crippen molar-refractivity contribution in [3.8, 4) is 0 Å². The van der Waals surface area contributed by atoms with Gasteiger partial charge >= 0.3 is 5.97 Å². The highest BCUT2D eigenvalue weighted by Crippen LogP contribution is 2.35. The summed E-state index contributed by atoms with van der Waals surface area (Å²) in [6.45, 7) is 3.53. The van der Waals surface area contributed by atoms with E-state index in [1.165, 1.54) is 12.1 Å². The molecule has 1 fully saturated rings. The second-order valence-electron chi connectivity index (χ2n) is 5.03. The van der Waals surface area contributed by atoms with Gasteiger partial charge in [-0.25, -0.2) is 4.39 Å². The number of aliphatic carboxylic acids is 1. The molecule has 92 valence electrons. The van der Waals surface area contributed by atoms with Gasteiger partial charge in [0.25, 0.3) is 0 Å². The van der Waals surface area contributed by atoms with Crippen LogP contribution in [0.5, 0.6) is 0 Å². The number of carbonyl (C=O) groups is 1. The van der Waals surface area contributed by atoms with E-state index in [9.17, 15) is 9.18 Å². The normalized spacial score (nSPS) is 24.0. The zero-order chi connectivity index (χ0) is 12.5. The van der Waals surface area contributed by atoms with Crippen LogP contribution >= 0.6 is 0 Å². The van der Waals surface area contributed by atoms with Crippen LogP contribution in [0.1, 0.15) is 19.8 Å². The maximum absolute atomic E-state index is 12.8. The van der Waals surface area contributed by atoms with E-state index in [2.05, 4.69) is 4.90 Å². The molecule has 1 unspecified atom stereocenters. The van der Waals surface area contributed by atoms with Crippen molar-refractivity contribution in [2.75, 3.05) is 18.0 Å². The fourth-order valence-electron chi connectivity index (χ4n) is 2.41. The molecular formula is C13H16FNO2. The third-order valence-corrected chi connectivity index (χ3v) is 3.33. The molecule has 1 aliphatic rings. The van der Waals surface area contributed by atoms with Crippen LogP contribution in [0.15, 0.2) is 24.3 Å². The molecule has 1 aromatic carbocycles. The van der Waals surface area contributed by atoms with Crippen molar-refractivity contribution in [3.63, 3.8) is 0 Å². The van der Waals surface area contributed by atoms with Crippen molar-refractivity contribution in [3.05, 3.63) is 30.1 Å². The summed E-state index contributed by atoms with van der Waals surface area (Å²) in [5, 5.41) is 8.86. The highest BCUT2D eigenvalue weighted by Gasteiger charge is 2.35. The lowest BCUT2D eigenvalue weighted by molar-refractivity contribution is -0.139. The summed E-state index contributed by atoms with van der Waals surface area (Å²) >= 11 is 0. The van der Waals surface area contributed by atoms with Gasteiger partial charge in [-0.2, -0.15) is 0 Å². The summed E-state index contributed by atoms with van der Waals surface area (Å²) in [7, 11) is 0. The van der Waals surface area contributed by atoms with Crippen LogP contribution in [0.25, 0.3) is 0 Å². The molecule has 0 saturated carbocycles. The molecule has 17 heavy (non-hydrogen) atoms. The Morgan fingerprint density at radius 2 is 2.12 bits per heavy atom. The quantitative estimate of drug-likeness (QED) is 0.878. The van der Waals surface area contributed by atoms with E-state index < -0.39 is 5.97 Å². The maximum atomic E-state index is 12.8. The molecule has 1 atom stereocenters. The van der Waals surface area contributed by atoms with Gasteiger partial charge in [0, 0.05) is 18.8 Å². The molecule has 0 bridgehead atoms. The van der Waals surface area contributed by atoms with E-state index in [0.29, 0.717) is 6.54 Å². The Bertz CT molecular complexity index is 418. The van der Waals surface area contributed by atoms with Gasteiger partial charge in [0.2, 0.25) is 0 Å². The zero-order valence-electron chi connectivity index (χ0n) is 9.82. The molecule has 1 heterocycles. The van der Waals surface area contributed by atoms with Crippen LogP contribution in [0, 0.1) is 11.2 Å². The molecule has 4 heteroatoms. The topological polar surface area (TPSA) is 40.5 Å². The lowest BCUT2D eigenvalue weighted by atomic mass is 9.86. The molecule has 1 saturated heterocycles. The van der Waals surface area contributed by atoms with Gasteiger partial charge in [0.1, 0.15) is 5.82 Å². The lowest BCUT2D eigenvalue weighted by Crippen LogP contribution is -2.26. The number of hydrogen-bond acceptors (Lipinski definition) is 2. The van der Waals surface area contributed by atoms with E-state index >= 15 is 0 Å². The van der Waals surface area contributed by atoms with Gasteiger partial charge in [0.15, 0.2) is 0 Å². The predicted octanol–water partition coefficient (Wildman–Crippen LogP) is 2.52. The van der Waals surface area contributed by atoms with Crippen LogP contribution in [0.4, 0.5) is 10.1 Å². The predicted molar refractivity (Wildman–Crippen MR) is 63.6 cm³/mol. The molecule has 0 amide bonds. The summed E-state index contributed by atoms with van der Waals surface area (Å²) in [5.41, 5.74) is 0.778. The molecule has 1 aliphatic heterocycles. The van der Waals surface area contributed by atoms with Gasteiger partial charge in [-0.1, -0.05) is 6.92 Å². The molecule has 0 aromatic heterocycles. The standard InChI is InChI=1S/C13H16FNO2/c1-13(8-12(16)17)6-7-15(9-13)11-4-2-10(14)3-5-11/h2-5H,6-9H2,1H3,(H,16,17). The summed E-state index contributed by atoms with van der Waals surface area (Å²) in [4.78, 5) is 12.9. The number of rotatable bonds is 3. The minimum Gasteiger partial charge on any atom is -0.481 e. The van der Waals surface area contributed by atoms with Gasteiger partial charge < -0.3 is 10.0 Å². The van der Waals surface area contributed by atoms with Crippen LogP contribution in [0.2, 0.25) is 0 Å². The van der Waals surface area contributed by atoms with E-state index in [1.54, 1.807) is 12.1 Å². The number of carboxylic acid groups (broad SMARTS) is 1. The Morgan fingerprint density at radius 3 is 2.71 bits per heavy atom. The van der Waals surface area contributed by atoms with Gasteiger partial charge in [-0.3, -0.25) is 4.79 Å². The lowest BCUT2D eigenvalue weighted by Gasteiger charge is -2.23. The fraction of sp³-hybridized carbons (Fsp3) is 0.462. The van der Waals surface area contributed by atoms with Crippen molar-refractivity contribution < 1.29 is 14.3 Å². The average Bonchev–Trinajstić information content (AvgIpc) is 2.60. The maximum Gasteiger partial charge on any atom is 0.303 e. The van der Waals surface area contributed by atoms with Crippen molar-refractivity contribution in [1.29, 1.82) is 0 Å². The molecular weight excluding hydrogens is 221 g/mol. The van der Waals surface area contributed by atoms with Crippen molar-refractivity contribution in [1.82, 2.24) is 0 Å². The number of hydrogen-bond donors (Lipinski definition) is 1. The van der Waals surface area contributed by atoms with Crippen molar-refractivity contribution in [2.45, 2.75) is 19.8 Å². The number of benzene rings is 1. The van der Waals surface area contributed by atoms with E-state index in [0.717, 1.165) is 18.7 Å². The second kappa shape index (κ2) is 4.35. The highest BCUT2D eigenvalue weighted by molar-refractivity contribution is 5.68. The third kappa shape index (κ3) is 2.75. The third-order valence-electron chi connectivity index (χ3n) is 3.33. The van der Waals surface area contributed by atoms with E-state index in [4.69, 9.17) is 5.11 Å². The first kappa shape index (κ1) is 11.9. The SMILES string of the molecule is CC1(CC(=O)O)CCN(c2ccc(F)cc2)C1. The van der Waals surface area contributed by atoms with Crippen LogP contribution in [-0.2, 0) is 4.79 Å². The van der Waals surface area contributed by atoms with Gasteiger partial charge in [-0.05, 0) is 36.1 Å². The second-order valence-corrected chi connectivity index (χ2v) is 5.03. The first-order valence-corrected chi connectivity index (χ1v) is 5.71. The Hall–Kier alpha value is -1.58. The molecule has 3 nitrogen and oxygen atoms in total. The Balaban J connectivity index is 2.07. The fourth-order valence-corrected chi connectivity index (χ4v) is 2.41. The van der Waals surface area contributed by atoms with Crippen LogP contribution in [0.3, 0.4) is 0 Å². The molecule has 0 aliphatic carbocycles. The minimum atomic E-state index is -0.756. The molecule has 0 radical (unpaired) electrons. The Morgan fingerprint density at radius 1 is 1.47 bits per heavy atom. The highest BCUT2D eigenvalue weighted by atomic mass is 19.1. The first-order chi connectivity index (χ1) is 7.98. The summed E-state index contributed by atoms with van der Waals surface area (Å²) in [6, 6.07) is 6.34. The number of nitrogens with zero attached hydrogens (tertiary/aromatic N) is 1.